The van der Waals surface area contributed by atoms with Gasteiger partial charge in [-0.05, 0) is 49.4 Å². The molecule has 1 unspecified atom stereocenters. The predicted octanol–water partition coefficient (Wildman–Crippen LogP) is 3.73. The Morgan fingerprint density at radius 2 is 2.03 bits per heavy atom. The number of hydrogen-bond donors (Lipinski definition) is 2. The number of hydrogen-bond acceptors (Lipinski definition) is 6. The summed E-state index contributed by atoms with van der Waals surface area (Å²) in [6, 6.07) is 7.08. The molecule has 8 nitrogen and oxygen atoms in total. The molecule has 1 aromatic heterocycles. The molecule has 0 aliphatic carbocycles. The summed E-state index contributed by atoms with van der Waals surface area (Å²) in [4.78, 5) is 26.8. The van der Waals surface area contributed by atoms with Gasteiger partial charge in [-0.1, -0.05) is 25.2 Å². The van der Waals surface area contributed by atoms with Crippen LogP contribution in [0, 0.1) is 5.92 Å². The van der Waals surface area contributed by atoms with Gasteiger partial charge >= 0.3 is 6.03 Å². The smallest absolute Gasteiger partial charge is 0.317 e. The molecule has 2 heterocycles. The van der Waals surface area contributed by atoms with Crippen molar-refractivity contribution in [2.45, 2.75) is 39.0 Å². The number of anilines is 1. The summed E-state index contributed by atoms with van der Waals surface area (Å²) < 4.78 is 5.12. The molecule has 1 aliphatic heterocycles. The number of aromatic nitrogens is 2. The number of nitrogens with one attached hydrogen (secondary N) is 2. The summed E-state index contributed by atoms with van der Waals surface area (Å²) in [6.45, 7) is 6.31. The first-order valence-electron chi connectivity index (χ1n) is 10.3. The third kappa shape index (κ3) is 5.91. The predicted molar refractivity (Wildman–Crippen MR) is 117 cm³/mol. The number of rotatable bonds is 7. The van der Waals surface area contributed by atoms with Gasteiger partial charge in [0.05, 0.1) is 7.11 Å². The maximum atomic E-state index is 12.5. The molecule has 1 fully saturated rings. The monoisotopic (exact) mass is 431 g/mol. The number of likely N-dealkylation sites (tertiary alicyclic amines) is 1. The zero-order valence-electron chi connectivity index (χ0n) is 17.7. The van der Waals surface area contributed by atoms with Crippen molar-refractivity contribution in [1.29, 1.82) is 0 Å². The quantitative estimate of drug-likeness (QED) is 0.696. The van der Waals surface area contributed by atoms with Gasteiger partial charge < -0.3 is 20.3 Å². The fourth-order valence-corrected chi connectivity index (χ4v) is 4.16. The molecule has 1 aliphatic rings. The van der Waals surface area contributed by atoms with Crippen LogP contribution in [0.4, 0.5) is 10.5 Å². The second-order valence-corrected chi connectivity index (χ2v) is 8.84. The number of carbonyl (C=O) groups is 2. The fraction of sp³-hybridized carbons (Fsp3) is 0.524. The zero-order valence-corrected chi connectivity index (χ0v) is 18.5. The fourth-order valence-electron chi connectivity index (χ4n) is 3.29. The summed E-state index contributed by atoms with van der Waals surface area (Å²) in [5.74, 6) is 1.10. The Hall–Kier alpha value is -2.68. The van der Waals surface area contributed by atoms with E-state index in [2.05, 4.69) is 34.7 Å². The standard InChI is InChI=1S/C21H29N5O3S/c1-14(2)10-11-22-21(28)26-12-4-5-15(13-26)19-24-25-20(30-19)18(27)23-16-6-8-17(29-3)9-7-16/h6-9,14-15H,4-5,10-13H2,1-3H3,(H,22,28)(H,23,27). The molecule has 2 aromatic rings. The lowest BCUT2D eigenvalue weighted by atomic mass is 9.99. The van der Waals surface area contributed by atoms with Gasteiger partial charge in [0.1, 0.15) is 10.8 Å². The molecule has 2 N–H and O–H groups in total. The summed E-state index contributed by atoms with van der Waals surface area (Å²) in [5, 5.41) is 15.3. The average molecular weight is 432 g/mol. The molecule has 30 heavy (non-hydrogen) atoms. The van der Waals surface area contributed by atoms with Gasteiger partial charge in [0.2, 0.25) is 5.01 Å². The van der Waals surface area contributed by atoms with Gasteiger partial charge in [0, 0.05) is 31.2 Å². The topological polar surface area (TPSA) is 96.4 Å². The van der Waals surface area contributed by atoms with Gasteiger partial charge in [-0.3, -0.25) is 4.79 Å². The van der Waals surface area contributed by atoms with Crippen molar-refractivity contribution >= 4 is 29.0 Å². The van der Waals surface area contributed by atoms with Gasteiger partial charge in [0.15, 0.2) is 0 Å². The molecule has 0 saturated carbocycles. The van der Waals surface area contributed by atoms with Crippen LogP contribution in [0.25, 0.3) is 0 Å². The Morgan fingerprint density at radius 1 is 1.27 bits per heavy atom. The number of carbonyl (C=O) groups excluding carboxylic acids is 2. The minimum atomic E-state index is -0.289. The van der Waals surface area contributed by atoms with Gasteiger partial charge in [-0.25, -0.2) is 4.79 Å². The molecule has 0 bridgehead atoms. The molecule has 162 valence electrons. The van der Waals surface area contributed by atoms with E-state index in [0.717, 1.165) is 36.6 Å². The van der Waals surface area contributed by atoms with Crippen molar-refractivity contribution in [3.05, 3.63) is 34.3 Å². The average Bonchev–Trinajstić information content (AvgIpc) is 3.24. The third-order valence-corrected chi connectivity index (χ3v) is 6.12. The number of urea groups is 1. The summed E-state index contributed by atoms with van der Waals surface area (Å²) in [5.41, 5.74) is 0.666. The number of amides is 3. The lowest BCUT2D eigenvalue weighted by Crippen LogP contribution is -2.45. The van der Waals surface area contributed by atoms with Crippen molar-refractivity contribution in [2.24, 2.45) is 5.92 Å². The molecule has 0 radical (unpaired) electrons. The van der Waals surface area contributed by atoms with Crippen molar-refractivity contribution in [3.63, 3.8) is 0 Å². The summed E-state index contributed by atoms with van der Waals surface area (Å²) in [6.07, 6.45) is 2.81. The molecule has 9 heteroatoms. The van der Waals surface area contributed by atoms with Crippen LogP contribution in [0.5, 0.6) is 5.75 Å². The molecular weight excluding hydrogens is 402 g/mol. The second-order valence-electron chi connectivity index (χ2n) is 7.83. The first kappa shape index (κ1) is 22.0. The van der Waals surface area contributed by atoms with Crippen LogP contribution in [-0.4, -0.2) is 53.8 Å². The van der Waals surface area contributed by atoms with Crippen molar-refractivity contribution in [3.8, 4) is 5.75 Å². The largest absolute Gasteiger partial charge is 0.497 e. The van der Waals surface area contributed by atoms with Crippen molar-refractivity contribution < 1.29 is 14.3 Å². The molecule has 0 spiro atoms. The van der Waals surface area contributed by atoms with E-state index < -0.39 is 0 Å². The van der Waals surface area contributed by atoms with Crippen molar-refractivity contribution in [2.75, 3.05) is 32.1 Å². The normalized spacial score (nSPS) is 16.4. The first-order valence-corrected chi connectivity index (χ1v) is 11.1. The van der Waals surface area contributed by atoms with E-state index in [0.29, 0.717) is 29.7 Å². The Kier molecular flexibility index (Phi) is 7.62. The maximum absolute atomic E-state index is 12.5. The van der Waals surface area contributed by atoms with Crippen LogP contribution >= 0.6 is 11.3 Å². The minimum Gasteiger partial charge on any atom is -0.497 e. The van der Waals surface area contributed by atoms with Gasteiger partial charge in [-0.2, -0.15) is 0 Å². The van der Waals surface area contributed by atoms with Crippen LogP contribution in [0.15, 0.2) is 24.3 Å². The number of nitrogens with zero attached hydrogens (tertiary/aromatic N) is 3. The highest BCUT2D eigenvalue weighted by atomic mass is 32.1. The van der Waals surface area contributed by atoms with E-state index in [1.54, 1.807) is 31.4 Å². The van der Waals surface area contributed by atoms with E-state index in [4.69, 9.17) is 4.74 Å². The Balaban J connectivity index is 1.56. The van der Waals surface area contributed by atoms with Crippen LogP contribution in [0.3, 0.4) is 0 Å². The third-order valence-electron chi connectivity index (χ3n) is 5.04. The SMILES string of the molecule is COc1ccc(NC(=O)c2nnc(C3CCCN(C(=O)NCCC(C)C)C3)s2)cc1. The highest BCUT2D eigenvalue weighted by molar-refractivity contribution is 7.13. The molecule has 1 saturated heterocycles. The lowest BCUT2D eigenvalue weighted by molar-refractivity contribution is 0.102. The molecule has 3 rings (SSSR count). The van der Waals surface area contributed by atoms with Crippen LogP contribution in [0.1, 0.15) is 53.8 Å². The Labute approximate surface area is 181 Å². The van der Waals surface area contributed by atoms with E-state index in [1.165, 1.54) is 11.3 Å². The minimum absolute atomic E-state index is 0.0256. The molecular formula is C21H29N5O3S. The zero-order chi connectivity index (χ0) is 21.5. The highest BCUT2D eigenvalue weighted by Crippen LogP contribution is 2.29. The first-order chi connectivity index (χ1) is 14.5. The Bertz CT molecular complexity index is 853. The lowest BCUT2D eigenvalue weighted by Gasteiger charge is -2.31. The number of methoxy groups -OCH3 is 1. The van der Waals surface area contributed by atoms with Gasteiger partial charge in [-0.15, -0.1) is 10.2 Å². The van der Waals surface area contributed by atoms with Gasteiger partial charge in [0.25, 0.3) is 5.91 Å². The van der Waals surface area contributed by atoms with E-state index in [1.807, 2.05) is 4.90 Å². The van der Waals surface area contributed by atoms with E-state index >= 15 is 0 Å². The maximum Gasteiger partial charge on any atom is 0.317 e. The number of benzene rings is 1. The summed E-state index contributed by atoms with van der Waals surface area (Å²) >= 11 is 1.29. The number of piperidine rings is 1. The number of ether oxygens (including phenoxy) is 1. The molecule has 3 amide bonds. The summed E-state index contributed by atoms with van der Waals surface area (Å²) in [7, 11) is 1.60. The van der Waals surface area contributed by atoms with E-state index in [-0.39, 0.29) is 17.9 Å². The van der Waals surface area contributed by atoms with Crippen LogP contribution < -0.4 is 15.4 Å². The van der Waals surface area contributed by atoms with Crippen LogP contribution in [-0.2, 0) is 0 Å². The van der Waals surface area contributed by atoms with Crippen molar-refractivity contribution in [1.82, 2.24) is 20.4 Å². The highest BCUT2D eigenvalue weighted by Gasteiger charge is 2.28. The Morgan fingerprint density at radius 3 is 2.73 bits per heavy atom. The van der Waals surface area contributed by atoms with Crippen LogP contribution in [0.2, 0.25) is 0 Å². The second kappa shape index (κ2) is 10.4. The molecule has 1 atom stereocenters. The molecule has 1 aromatic carbocycles. The van der Waals surface area contributed by atoms with E-state index in [9.17, 15) is 9.59 Å².